The zero-order valence-corrected chi connectivity index (χ0v) is 22.3. The van der Waals surface area contributed by atoms with E-state index in [0.717, 1.165) is 11.1 Å². The predicted octanol–water partition coefficient (Wildman–Crippen LogP) is 6.60. The monoisotopic (exact) mass is 542 g/mol. The highest BCUT2D eigenvalue weighted by Gasteiger charge is 2.23. The molecule has 0 bridgehead atoms. The zero-order valence-electron chi connectivity index (χ0n) is 22.3. The van der Waals surface area contributed by atoms with Gasteiger partial charge in [-0.15, -0.1) is 0 Å². The third-order valence-electron chi connectivity index (χ3n) is 6.39. The van der Waals surface area contributed by atoms with Crippen LogP contribution in [0.1, 0.15) is 12.6 Å². The first-order chi connectivity index (χ1) is 19.5. The maximum Gasteiger partial charge on any atom is 0.204 e. The van der Waals surface area contributed by atoms with Crippen molar-refractivity contribution in [2.75, 3.05) is 21.3 Å². The van der Waals surface area contributed by atoms with Crippen molar-refractivity contribution in [1.82, 2.24) is 0 Å². The van der Waals surface area contributed by atoms with E-state index >= 15 is 0 Å². The van der Waals surface area contributed by atoms with Gasteiger partial charge in [-0.25, -0.2) is 0 Å². The van der Waals surface area contributed by atoms with Crippen molar-refractivity contribution in [3.63, 3.8) is 0 Å². The third-order valence-corrected chi connectivity index (χ3v) is 6.39. The number of phenols is 1. The maximum atomic E-state index is 13.7. The van der Waals surface area contributed by atoms with Crippen LogP contribution in [0.4, 0.5) is 0 Å². The fourth-order valence-corrected chi connectivity index (χ4v) is 4.39. The molecule has 206 valence electrons. The lowest BCUT2D eigenvalue weighted by Gasteiger charge is -2.16. The lowest BCUT2D eigenvalue weighted by Crippen LogP contribution is -2.07. The number of benzene rings is 4. The van der Waals surface area contributed by atoms with Gasteiger partial charge in [-0.3, -0.25) is 4.79 Å². The van der Waals surface area contributed by atoms with Crippen molar-refractivity contribution in [2.45, 2.75) is 13.2 Å². The van der Waals surface area contributed by atoms with Crippen LogP contribution < -0.4 is 29.1 Å². The van der Waals surface area contributed by atoms with E-state index in [-0.39, 0.29) is 48.4 Å². The summed E-state index contributed by atoms with van der Waals surface area (Å²) >= 11 is 0. The van der Waals surface area contributed by atoms with Crippen molar-refractivity contribution in [3.8, 4) is 45.6 Å². The van der Waals surface area contributed by atoms with Gasteiger partial charge in [0.15, 0.2) is 23.0 Å². The van der Waals surface area contributed by atoms with E-state index in [4.69, 9.17) is 28.1 Å². The molecule has 5 aromatic rings. The van der Waals surface area contributed by atoms with Gasteiger partial charge in [-0.05, 0) is 28.8 Å². The van der Waals surface area contributed by atoms with Gasteiger partial charge in [0.1, 0.15) is 30.4 Å². The molecule has 4 aromatic carbocycles. The summed E-state index contributed by atoms with van der Waals surface area (Å²) in [5, 5.41) is 11.1. The first-order valence-corrected chi connectivity index (χ1v) is 12.5. The summed E-state index contributed by atoms with van der Waals surface area (Å²) in [5.41, 5.74) is 2.22. The third kappa shape index (κ3) is 5.24. The van der Waals surface area contributed by atoms with Gasteiger partial charge < -0.3 is 33.2 Å². The van der Waals surface area contributed by atoms with Crippen molar-refractivity contribution in [3.05, 3.63) is 106 Å². The SMILES string of the molecule is COc1cc(-c2coc3cc(OCc4ccccc4)c(OC)c(O)c3c2=O)cc(OCc2ccccc2)c1OC.[HH]. The van der Waals surface area contributed by atoms with Gasteiger partial charge in [-0.1, -0.05) is 60.7 Å². The molecule has 0 radical (unpaired) electrons. The molecule has 1 N–H and O–H groups in total. The number of hydrogen-bond donors (Lipinski definition) is 1. The molecule has 0 fully saturated rings. The summed E-state index contributed by atoms with van der Waals surface area (Å²) in [5.74, 6) is 1.04. The van der Waals surface area contributed by atoms with E-state index in [9.17, 15) is 9.90 Å². The molecule has 0 saturated heterocycles. The summed E-state index contributed by atoms with van der Waals surface area (Å²) in [6.45, 7) is 0.516. The number of aromatic hydroxyl groups is 1. The molecule has 0 aliphatic heterocycles. The van der Waals surface area contributed by atoms with Crippen molar-refractivity contribution < 1.29 is 34.6 Å². The highest BCUT2D eigenvalue weighted by atomic mass is 16.5. The van der Waals surface area contributed by atoms with E-state index in [2.05, 4.69) is 0 Å². The summed E-state index contributed by atoms with van der Waals surface area (Å²) in [6, 6.07) is 24.1. The molecule has 0 amide bonds. The minimum Gasteiger partial charge on any atom is -0.504 e. The predicted molar refractivity (Wildman–Crippen MR) is 153 cm³/mol. The first kappa shape index (κ1) is 26.5. The second-order valence-electron chi connectivity index (χ2n) is 8.87. The molecule has 0 unspecified atom stereocenters. The topological polar surface area (TPSA) is 96.6 Å². The van der Waals surface area contributed by atoms with Gasteiger partial charge in [0.2, 0.25) is 16.9 Å². The van der Waals surface area contributed by atoms with E-state index in [1.54, 1.807) is 12.1 Å². The molecule has 5 rings (SSSR count). The smallest absolute Gasteiger partial charge is 0.204 e. The maximum absolute atomic E-state index is 13.7. The van der Waals surface area contributed by atoms with Gasteiger partial charge in [0.25, 0.3) is 0 Å². The van der Waals surface area contributed by atoms with Crippen molar-refractivity contribution in [1.29, 1.82) is 0 Å². The fourth-order valence-electron chi connectivity index (χ4n) is 4.39. The van der Waals surface area contributed by atoms with Gasteiger partial charge in [0, 0.05) is 7.49 Å². The van der Waals surface area contributed by atoms with E-state index in [0.29, 0.717) is 22.8 Å². The van der Waals surface area contributed by atoms with Crippen LogP contribution >= 0.6 is 0 Å². The largest absolute Gasteiger partial charge is 0.504 e. The van der Waals surface area contributed by atoms with Crippen LogP contribution in [0, 0.1) is 0 Å². The van der Waals surface area contributed by atoms with Gasteiger partial charge in [0.05, 0.1) is 26.9 Å². The standard InChI is InChI=1S/C32H28O8.H2/c1-35-25-14-22(15-26(31(25)36-2)38-17-20-10-6-4-7-11-20)23-19-40-24-16-27(39-18-21-12-8-5-9-13-21)32(37-3)30(34)28(24)29(23)33;/h4-16,19,34H,17-18H2,1-3H3;1H. The minimum absolute atomic E-state index is 0. The van der Waals surface area contributed by atoms with Crippen LogP contribution in [0.2, 0.25) is 0 Å². The number of phenolic OH excluding ortho intramolecular Hbond substituents is 1. The first-order valence-electron chi connectivity index (χ1n) is 12.5. The molecule has 0 spiro atoms. The molecule has 0 atom stereocenters. The van der Waals surface area contributed by atoms with Crippen molar-refractivity contribution >= 4 is 11.0 Å². The second kappa shape index (κ2) is 11.7. The van der Waals surface area contributed by atoms with E-state index in [1.165, 1.54) is 33.7 Å². The lowest BCUT2D eigenvalue weighted by molar-refractivity contribution is 0.275. The molecule has 1 aromatic heterocycles. The average molecular weight is 543 g/mol. The molecule has 0 aliphatic carbocycles. The Morgan fingerprint density at radius 3 is 1.82 bits per heavy atom. The Hall–Kier alpha value is -5.11. The van der Waals surface area contributed by atoms with Crippen LogP contribution in [0.25, 0.3) is 22.1 Å². The van der Waals surface area contributed by atoms with E-state index < -0.39 is 5.43 Å². The van der Waals surface area contributed by atoms with Crippen LogP contribution in [0.5, 0.6) is 34.5 Å². The highest BCUT2D eigenvalue weighted by molar-refractivity contribution is 5.91. The Balaban J connectivity index is 0.00000387. The number of rotatable bonds is 10. The summed E-state index contributed by atoms with van der Waals surface area (Å²) in [4.78, 5) is 13.7. The molecular weight excluding hydrogens is 512 g/mol. The Morgan fingerprint density at radius 2 is 1.27 bits per heavy atom. The fraction of sp³-hybridized carbons (Fsp3) is 0.156. The normalized spacial score (nSPS) is 10.8. The number of fused-ring (bicyclic) bond motifs is 1. The Kier molecular flexibility index (Phi) is 7.77. The van der Waals surface area contributed by atoms with Crippen LogP contribution in [0.3, 0.4) is 0 Å². The van der Waals surface area contributed by atoms with E-state index in [1.807, 2.05) is 60.7 Å². The quantitative estimate of drug-likeness (QED) is 0.211. The zero-order chi connectivity index (χ0) is 28.1. The summed E-state index contributed by atoms with van der Waals surface area (Å²) in [7, 11) is 4.41. The summed E-state index contributed by atoms with van der Waals surface area (Å²) in [6.07, 6.45) is 1.33. The Morgan fingerprint density at radius 1 is 0.725 bits per heavy atom. The van der Waals surface area contributed by atoms with Crippen LogP contribution in [-0.4, -0.2) is 26.4 Å². The average Bonchev–Trinajstić information content (AvgIpc) is 2.99. The Labute approximate surface area is 232 Å². The molecular formula is C32H30O8. The van der Waals surface area contributed by atoms with Gasteiger partial charge in [-0.2, -0.15) is 0 Å². The van der Waals surface area contributed by atoms with Crippen molar-refractivity contribution in [2.24, 2.45) is 0 Å². The second-order valence-corrected chi connectivity index (χ2v) is 8.87. The molecule has 8 heteroatoms. The van der Waals surface area contributed by atoms with Crippen LogP contribution in [0.15, 0.2) is 94.3 Å². The number of hydrogen-bond acceptors (Lipinski definition) is 8. The van der Waals surface area contributed by atoms with Crippen LogP contribution in [-0.2, 0) is 13.2 Å². The number of ether oxygens (including phenoxy) is 5. The Bertz CT molecular complexity index is 1680. The molecule has 0 aliphatic rings. The molecule has 8 nitrogen and oxygen atoms in total. The molecule has 40 heavy (non-hydrogen) atoms. The lowest BCUT2D eigenvalue weighted by atomic mass is 10.0. The molecule has 0 saturated carbocycles. The number of methoxy groups -OCH3 is 3. The highest BCUT2D eigenvalue weighted by Crippen LogP contribution is 2.44. The van der Waals surface area contributed by atoms with Gasteiger partial charge >= 0.3 is 0 Å². The molecule has 1 heterocycles. The summed E-state index contributed by atoms with van der Waals surface area (Å²) < 4.78 is 34.3. The minimum atomic E-state index is -0.465.